The fourth-order valence-corrected chi connectivity index (χ4v) is 4.84. The van der Waals surface area contributed by atoms with Gasteiger partial charge in [0.1, 0.15) is 6.61 Å². The molecule has 1 N–H and O–H groups in total. The van der Waals surface area contributed by atoms with Crippen molar-refractivity contribution in [3.05, 3.63) is 71.8 Å². The minimum Gasteiger partial charge on any atom is -0.461 e. The van der Waals surface area contributed by atoms with E-state index in [1.165, 1.54) is 0 Å². The van der Waals surface area contributed by atoms with E-state index >= 15 is 0 Å². The molecule has 26 heavy (non-hydrogen) atoms. The van der Waals surface area contributed by atoms with Gasteiger partial charge in [-0.15, -0.1) is 0 Å². The van der Waals surface area contributed by atoms with Gasteiger partial charge in [-0.1, -0.05) is 74.5 Å². The molecular formula is C21H27O4P. The summed E-state index contributed by atoms with van der Waals surface area (Å²) in [6.07, 6.45) is 0.565. The number of hydrogen-bond acceptors (Lipinski definition) is 3. The molecule has 0 aliphatic heterocycles. The van der Waals surface area contributed by atoms with Crippen LogP contribution in [0.25, 0.3) is 0 Å². The van der Waals surface area contributed by atoms with Crippen LogP contribution >= 0.6 is 7.37 Å². The van der Waals surface area contributed by atoms with Gasteiger partial charge in [-0.2, -0.15) is 0 Å². The number of rotatable bonds is 9. The molecule has 2 atom stereocenters. The van der Waals surface area contributed by atoms with Gasteiger partial charge in [-0.05, 0) is 23.5 Å². The molecule has 0 aliphatic carbocycles. The molecule has 0 aliphatic rings. The maximum atomic E-state index is 12.7. The molecule has 4 nitrogen and oxygen atoms in total. The summed E-state index contributed by atoms with van der Waals surface area (Å²) in [5, 5.41) is 0. The molecule has 0 radical (unpaired) electrons. The number of benzene rings is 2. The van der Waals surface area contributed by atoms with Crippen molar-refractivity contribution in [2.45, 2.75) is 33.0 Å². The van der Waals surface area contributed by atoms with Crippen molar-refractivity contribution in [1.82, 2.24) is 0 Å². The zero-order valence-corrected chi connectivity index (χ0v) is 16.3. The van der Waals surface area contributed by atoms with Crippen molar-refractivity contribution in [2.75, 3.05) is 6.16 Å². The van der Waals surface area contributed by atoms with Gasteiger partial charge >= 0.3 is 5.97 Å². The highest BCUT2D eigenvalue weighted by Gasteiger charge is 2.30. The second-order valence-electron chi connectivity index (χ2n) is 7.09. The van der Waals surface area contributed by atoms with Gasteiger partial charge in [0.25, 0.3) is 0 Å². The smallest absolute Gasteiger partial charge is 0.309 e. The Labute approximate surface area is 155 Å². The number of carbonyl (C=O) groups excluding carboxylic acids is 1. The Bertz CT molecular complexity index is 728. The summed E-state index contributed by atoms with van der Waals surface area (Å²) in [7, 11) is -3.48. The fraction of sp³-hybridized carbons (Fsp3) is 0.381. The summed E-state index contributed by atoms with van der Waals surface area (Å²) in [5.41, 5.74) is 1.71. The average Bonchev–Trinajstić information content (AvgIpc) is 2.60. The Hall–Kier alpha value is -1.90. The molecule has 140 valence electrons. The Morgan fingerprint density at radius 3 is 2.08 bits per heavy atom. The van der Waals surface area contributed by atoms with Crippen LogP contribution in [0, 0.1) is 11.8 Å². The van der Waals surface area contributed by atoms with Gasteiger partial charge in [0.2, 0.25) is 7.37 Å². The standard InChI is InChI=1S/C21H27O4P/c1-17(2)13-20(21(22)25-14-18-9-5-3-6-10-18)16-26(23,24)15-19-11-7-4-8-12-19/h3-12,17,20H,13-16H2,1-2H3,(H,23,24)/t20-/m1/s1. The van der Waals surface area contributed by atoms with E-state index in [4.69, 9.17) is 4.74 Å². The second kappa shape index (κ2) is 9.70. The summed E-state index contributed by atoms with van der Waals surface area (Å²) in [5.74, 6) is -0.732. The molecule has 0 heterocycles. The van der Waals surface area contributed by atoms with Crippen LogP contribution in [0.3, 0.4) is 0 Å². The molecule has 5 heteroatoms. The van der Waals surface area contributed by atoms with Gasteiger partial charge in [0.15, 0.2) is 0 Å². The number of esters is 1. The van der Waals surface area contributed by atoms with Crippen LogP contribution in [-0.4, -0.2) is 17.0 Å². The Morgan fingerprint density at radius 1 is 1.00 bits per heavy atom. The van der Waals surface area contributed by atoms with Gasteiger partial charge in [0.05, 0.1) is 5.92 Å². The topological polar surface area (TPSA) is 63.6 Å². The zero-order chi connectivity index (χ0) is 19.0. The van der Waals surface area contributed by atoms with E-state index in [9.17, 15) is 14.3 Å². The Kier molecular flexibility index (Phi) is 7.62. The van der Waals surface area contributed by atoms with Crippen LogP contribution in [0.5, 0.6) is 0 Å². The minimum absolute atomic E-state index is 0.0479. The van der Waals surface area contributed by atoms with Crippen molar-refractivity contribution >= 4 is 13.3 Å². The predicted octanol–water partition coefficient (Wildman–Crippen LogP) is 4.86. The van der Waals surface area contributed by atoms with E-state index < -0.39 is 19.3 Å². The van der Waals surface area contributed by atoms with Crippen LogP contribution in [0.2, 0.25) is 0 Å². The van der Waals surface area contributed by atoms with Crippen molar-refractivity contribution in [1.29, 1.82) is 0 Å². The lowest BCUT2D eigenvalue weighted by molar-refractivity contribution is -0.149. The lowest BCUT2D eigenvalue weighted by atomic mass is 9.99. The molecule has 2 rings (SSSR count). The van der Waals surface area contributed by atoms with E-state index in [2.05, 4.69) is 0 Å². The monoisotopic (exact) mass is 374 g/mol. The third-order valence-electron chi connectivity index (χ3n) is 4.09. The summed E-state index contributed by atoms with van der Waals surface area (Å²) in [6, 6.07) is 18.7. The van der Waals surface area contributed by atoms with Crippen molar-refractivity contribution in [2.24, 2.45) is 11.8 Å². The highest BCUT2D eigenvalue weighted by Crippen LogP contribution is 2.47. The quantitative estimate of drug-likeness (QED) is 0.503. The molecule has 0 spiro atoms. The summed E-state index contributed by atoms with van der Waals surface area (Å²) >= 11 is 0. The zero-order valence-electron chi connectivity index (χ0n) is 15.4. The van der Waals surface area contributed by atoms with Crippen molar-refractivity contribution in [3.63, 3.8) is 0 Å². The van der Waals surface area contributed by atoms with Crippen LogP contribution in [0.4, 0.5) is 0 Å². The highest BCUT2D eigenvalue weighted by atomic mass is 31.2. The van der Waals surface area contributed by atoms with E-state index in [0.717, 1.165) is 11.1 Å². The first-order chi connectivity index (χ1) is 12.4. The Balaban J connectivity index is 2.00. The lowest BCUT2D eigenvalue weighted by Gasteiger charge is -2.21. The third kappa shape index (κ3) is 7.15. The SMILES string of the molecule is CC(C)C[C@H](CP(=O)(O)Cc1ccccc1)C(=O)OCc1ccccc1. The van der Waals surface area contributed by atoms with Crippen molar-refractivity contribution < 1.29 is 19.0 Å². The first-order valence-corrected chi connectivity index (χ1v) is 10.9. The maximum absolute atomic E-state index is 12.7. The van der Waals surface area contributed by atoms with Gasteiger partial charge < -0.3 is 9.63 Å². The van der Waals surface area contributed by atoms with Crippen LogP contribution < -0.4 is 0 Å². The number of hydrogen-bond donors (Lipinski definition) is 1. The van der Waals surface area contributed by atoms with E-state index in [0.29, 0.717) is 6.42 Å². The van der Waals surface area contributed by atoms with Crippen LogP contribution in [0.15, 0.2) is 60.7 Å². The van der Waals surface area contributed by atoms with E-state index in [1.807, 2.05) is 74.5 Å². The molecule has 0 aromatic heterocycles. The molecule has 2 aromatic rings. The van der Waals surface area contributed by atoms with Gasteiger partial charge in [-0.3, -0.25) is 9.36 Å². The van der Waals surface area contributed by atoms with E-state index in [-0.39, 0.29) is 24.8 Å². The van der Waals surface area contributed by atoms with Crippen molar-refractivity contribution in [3.8, 4) is 0 Å². The van der Waals surface area contributed by atoms with Gasteiger partial charge in [-0.25, -0.2) is 0 Å². The van der Waals surface area contributed by atoms with Crippen LogP contribution in [-0.2, 0) is 26.9 Å². The Morgan fingerprint density at radius 2 is 1.54 bits per heavy atom. The summed E-state index contributed by atoms with van der Waals surface area (Å²) < 4.78 is 18.1. The number of carbonyl (C=O) groups is 1. The largest absolute Gasteiger partial charge is 0.461 e. The minimum atomic E-state index is -3.48. The first kappa shape index (κ1) is 20.4. The highest BCUT2D eigenvalue weighted by molar-refractivity contribution is 7.57. The molecule has 0 bridgehead atoms. The molecule has 0 amide bonds. The fourth-order valence-electron chi connectivity index (χ4n) is 2.94. The number of ether oxygens (including phenoxy) is 1. The summed E-state index contributed by atoms with van der Waals surface area (Å²) in [6.45, 7) is 4.18. The second-order valence-corrected chi connectivity index (χ2v) is 9.47. The normalized spacial score (nSPS) is 14.6. The maximum Gasteiger partial charge on any atom is 0.309 e. The molecular weight excluding hydrogens is 347 g/mol. The molecule has 0 saturated heterocycles. The van der Waals surface area contributed by atoms with Crippen LogP contribution in [0.1, 0.15) is 31.4 Å². The average molecular weight is 374 g/mol. The lowest BCUT2D eigenvalue weighted by Crippen LogP contribution is -2.23. The molecule has 1 unspecified atom stereocenters. The third-order valence-corrected chi connectivity index (χ3v) is 5.96. The predicted molar refractivity (Wildman–Crippen MR) is 104 cm³/mol. The molecule has 2 aromatic carbocycles. The first-order valence-electron chi connectivity index (χ1n) is 8.91. The van der Waals surface area contributed by atoms with Gasteiger partial charge in [0, 0.05) is 12.3 Å². The molecule has 0 saturated carbocycles. The van der Waals surface area contributed by atoms with E-state index in [1.54, 1.807) is 0 Å². The molecule has 0 fully saturated rings. The summed E-state index contributed by atoms with van der Waals surface area (Å²) in [4.78, 5) is 23.0.